The standard InChI is InChI=1S/C14H25N3OS2/c1-5-6-15-11-8-19-7-10(11)13-16-12(17-18-13)9-20-14(2,3)4/h10-11,15H,5-9H2,1-4H3. The summed E-state index contributed by atoms with van der Waals surface area (Å²) < 4.78 is 5.73. The van der Waals surface area contributed by atoms with Crippen LogP contribution in [0, 0.1) is 0 Å². The molecule has 0 aromatic carbocycles. The van der Waals surface area contributed by atoms with E-state index >= 15 is 0 Å². The summed E-state index contributed by atoms with van der Waals surface area (Å²) in [6.07, 6.45) is 1.16. The van der Waals surface area contributed by atoms with Crippen LogP contribution < -0.4 is 5.32 Å². The molecule has 1 aliphatic heterocycles. The lowest BCUT2D eigenvalue weighted by Crippen LogP contribution is -2.34. The first kappa shape index (κ1) is 16.2. The van der Waals surface area contributed by atoms with Crippen molar-refractivity contribution in [2.75, 3.05) is 18.1 Å². The van der Waals surface area contributed by atoms with Crippen LogP contribution in [0.1, 0.15) is 51.7 Å². The van der Waals surface area contributed by atoms with Gasteiger partial charge in [-0.05, 0) is 13.0 Å². The van der Waals surface area contributed by atoms with Crippen LogP contribution in [0.3, 0.4) is 0 Å². The molecular formula is C14H25N3OS2. The molecule has 0 radical (unpaired) electrons. The van der Waals surface area contributed by atoms with E-state index in [1.54, 1.807) is 0 Å². The maximum Gasteiger partial charge on any atom is 0.232 e. The van der Waals surface area contributed by atoms with Gasteiger partial charge in [-0.1, -0.05) is 32.9 Å². The second-order valence-electron chi connectivity index (χ2n) is 6.15. The number of aromatic nitrogens is 2. The molecule has 0 aliphatic carbocycles. The molecule has 0 saturated carbocycles. The maximum absolute atomic E-state index is 5.50. The second kappa shape index (κ2) is 7.18. The molecule has 2 atom stereocenters. The smallest absolute Gasteiger partial charge is 0.232 e. The molecule has 1 saturated heterocycles. The van der Waals surface area contributed by atoms with Crippen molar-refractivity contribution in [3.05, 3.63) is 11.7 Å². The van der Waals surface area contributed by atoms with Gasteiger partial charge in [0, 0.05) is 22.3 Å². The third kappa shape index (κ3) is 4.67. The lowest BCUT2D eigenvalue weighted by atomic mass is 10.0. The number of hydrogen-bond donors (Lipinski definition) is 1. The normalized spacial score (nSPS) is 23.4. The molecule has 6 heteroatoms. The highest BCUT2D eigenvalue weighted by Gasteiger charge is 2.33. The Morgan fingerprint density at radius 2 is 2.20 bits per heavy atom. The van der Waals surface area contributed by atoms with Gasteiger partial charge in [0.1, 0.15) is 0 Å². The third-order valence-corrected chi connectivity index (χ3v) is 5.63. The van der Waals surface area contributed by atoms with Gasteiger partial charge in [-0.2, -0.15) is 16.7 Å². The topological polar surface area (TPSA) is 51.0 Å². The van der Waals surface area contributed by atoms with Crippen LogP contribution >= 0.6 is 23.5 Å². The van der Waals surface area contributed by atoms with Crippen molar-refractivity contribution in [2.24, 2.45) is 0 Å². The van der Waals surface area contributed by atoms with Crippen molar-refractivity contribution in [1.82, 2.24) is 15.5 Å². The van der Waals surface area contributed by atoms with E-state index in [1.165, 1.54) is 0 Å². The molecule has 114 valence electrons. The molecule has 2 heterocycles. The SMILES string of the molecule is CCCNC1CSCC1c1nc(CSC(C)(C)C)no1. The fourth-order valence-corrected chi connectivity index (χ4v) is 4.13. The van der Waals surface area contributed by atoms with Crippen molar-refractivity contribution in [2.45, 2.75) is 56.6 Å². The Balaban J connectivity index is 1.93. The minimum atomic E-state index is 0.231. The Kier molecular flexibility index (Phi) is 5.81. The molecule has 4 nitrogen and oxygen atoms in total. The summed E-state index contributed by atoms with van der Waals surface area (Å²) in [4.78, 5) is 4.60. The van der Waals surface area contributed by atoms with Gasteiger partial charge in [-0.25, -0.2) is 0 Å². The van der Waals surface area contributed by atoms with E-state index in [0.29, 0.717) is 12.0 Å². The summed E-state index contributed by atoms with van der Waals surface area (Å²) in [6, 6.07) is 0.475. The summed E-state index contributed by atoms with van der Waals surface area (Å²) in [7, 11) is 0. The van der Waals surface area contributed by atoms with E-state index in [2.05, 4.69) is 43.2 Å². The van der Waals surface area contributed by atoms with E-state index in [1.807, 2.05) is 23.5 Å². The van der Waals surface area contributed by atoms with Crippen LogP contribution in [-0.4, -0.2) is 39.0 Å². The summed E-state index contributed by atoms with van der Waals surface area (Å²) in [5, 5.41) is 7.73. The highest BCUT2D eigenvalue weighted by Crippen LogP contribution is 2.33. The summed E-state index contributed by atoms with van der Waals surface area (Å²) in [5.41, 5.74) is 0. The monoisotopic (exact) mass is 315 g/mol. The van der Waals surface area contributed by atoms with Crippen molar-refractivity contribution < 1.29 is 4.52 Å². The van der Waals surface area contributed by atoms with Crippen LogP contribution in [0.5, 0.6) is 0 Å². The van der Waals surface area contributed by atoms with Crippen molar-refractivity contribution >= 4 is 23.5 Å². The fourth-order valence-electron chi connectivity index (χ4n) is 2.09. The number of rotatable bonds is 6. The number of nitrogens with one attached hydrogen (secondary N) is 1. The Morgan fingerprint density at radius 1 is 1.40 bits per heavy atom. The lowest BCUT2D eigenvalue weighted by molar-refractivity contribution is 0.337. The molecule has 2 rings (SSSR count). The van der Waals surface area contributed by atoms with Crippen LogP contribution in [-0.2, 0) is 5.75 Å². The van der Waals surface area contributed by atoms with E-state index in [0.717, 1.165) is 41.9 Å². The number of thioether (sulfide) groups is 2. The second-order valence-corrected chi connectivity index (χ2v) is 9.03. The molecule has 1 aromatic heterocycles. The van der Waals surface area contributed by atoms with Gasteiger partial charge in [-0.15, -0.1) is 11.8 Å². The average molecular weight is 316 g/mol. The first-order valence-corrected chi connectivity index (χ1v) is 9.41. The quantitative estimate of drug-likeness (QED) is 0.869. The van der Waals surface area contributed by atoms with Crippen LogP contribution in [0.4, 0.5) is 0 Å². The number of nitrogens with zero attached hydrogens (tertiary/aromatic N) is 2. The van der Waals surface area contributed by atoms with Crippen molar-refractivity contribution in [1.29, 1.82) is 0 Å². The van der Waals surface area contributed by atoms with Gasteiger partial charge in [0.2, 0.25) is 5.89 Å². The third-order valence-electron chi connectivity index (χ3n) is 3.17. The number of hydrogen-bond acceptors (Lipinski definition) is 6. The van der Waals surface area contributed by atoms with E-state index in [4.69, 9.17) is 4.52 Å². The van der Waals surface area contributed by atoms with Gasteiger partial charge in [0.25, 0.3) is 0 Å². The summed E-state index contributed by atoms with van der Waals surface area (Å²) >= 11 is 3.82. The van der Waals surface area contributed by atoms with Crippen molar-refractivity contribution in [3.63, 3.8) is 0 Å². The van der Waals surface area contributed by atoms with Gasteiger partial charge in [-0.3, -0.25) is 0 Å². The fraction of sp³-hybridized carbons (Fsp3) is 0.857. The van der Waals surface area contributed by atoms with E-state index in [9.17, 15) is 0 Å². The highest BCUT2D eigenvalue weighted by molar-refractivity contribution is 7.99. The zero-order valence-electron chi connectivity index (χ0n) is 12.8. The van der Waals surface area contributed by atoms with Crippen LogP contribution in [0.2, 0.25) is 0 Å². The van der Waals surface area contributed by atoms with Gasteiger partial charge in [0.15, 0.2) is 5.82 Å². The van der Waals surface area contributed by atoms with Gasteiger partial charge < -0.3 is 9.84 Å². The minimum Gasteiger partial charge on any atom is -0.339 e. The van der Waals surface area contributed by atoms with Gasteiger partial charge >= 0.3 is 0 Å². The Labute approximate surface area is 130 Å². The Morgan fingerprint density at radius 3 is 2.90 bits per heavy atom. The minimum absolute atomic E-state index is 0.231. The predicted octanol–water partition coefficient (Wildman–Crippen LogP) is 3.30. The lowest BCUT2D eigenvalue weighted by Gasteiger charge is -2.16. The first-order chi connectivity index (χ1) is 9.49. The van der Waals surface area contributed by atoms with Gasteiger partial charge in [0.05, 0.1) is 11.7 Å². The maximum atomic E-state index is 5.50. The molecule has 2 unspecified atom stereocenters. The molecular weight excluding hydrogens is 290 g/mol. The van der Waals surface area contributed by atoms with Crippen LogP contribution in [0.25, 0.3) is 0 Å². The predicted molar refractivity (Wildman–Crippen MR) is 87.5 cm³/mol. The zero-order valence-corrected chi connectivity index (χ0v) is 14.4. The molecule has 0 spiro atoms. The Hall–Kier alpha value is -0.200. The molecule has 0 amide bonds. The average Bonchev–Trinajstić information content (AvgIpc) is 3.01. The summed E-state index contributed by atoms with van der Waals surface area (Å²) in [5.74, 6) is 5.04. The zero-order chi connectivity index (χ0) is 14.6. The Bertz CT molecular complexity index is 417. The summed E-state index contributed by atoms with van der Waals surface area (Å²) in [6.45, 7) is 9.87. The molecule has 1 fully saturated rings. The molecule has 1 aliphatic rings. The molecule has 1 aromatic rings. The van der Waals surface area contributed by atoms with Crippen molar-refractivity contribution in [3.8, 4) is 0 Å². The van der Waals surface area contributed by atoms with E-state index in [-0.39, 0.29) is 4.75 Å². The highest BCUT2D eigenvalue weighted by atomic mass is 32.2. The molecule has 0 bridgehead atoms. The molecule has 1 N–H and O–H groups in total. The first-order valence-electron chi connectivity index (χ1n) is 7.27. The van der Waals surface area contributed by atoms with Crippen LogP contribution in [0.15, 0.2) is 4.52 Å². The molecule has 20 heavy (non-hydrogen) atoms. The largest absolute Gasteiger partial charge is 0.339 e. The van der Waals surface area contributed by atoms with E-state index < -0.39 is 0 Å².